The molecule has 4 N–H and O–H groups in total. The third-order valence-corrected chi connectivity index (χ3v) is 18.3. The highest BCUT2D eigenvalue weighted by Gasteiger charge is 2.44. The second kappa shape index (κ2) is 24.0. The molecule has 22 heteroatoms. The van der Waals surface area contributed by atoms with Gasteiger partial charge in [-0.15, -0.1) is 0 Å². The summed E-state index contributed by atoms with van der Waals surface area (Å²) in [5.41, 5.74) is 3.08. The number of likely N-dealkylation sites (tertiary alicyclic amines) is 2. The normalized spacial score (nSPS) is 22.8. The van der Waals surface area contributed by atoms with E-state index >= 15 is 17.6 Å². The van der Waals surface area contributed by atoms with E-state index < -0.39 is 71.7 Å². The highest BCUT2D eigenvalue weighted by Crippen LogP contribution is 2.50. The zero-order valence-electron chi connectivity index (χ0n) is 46.7. The number of alkyl carbamates (subject to hydrolysis) is 2. The van der Waals surface area contributed by atoms with Crippen molar-refractivity contribution in [2.45, 2.75) is 119 Å². The van der Waals surface area contributed by atoms with E-state index in [-0.39, 0.29) is 64.9 Å². The first-order valence-corrected chi connectivity index (χ1v) is 29.3. The average molecular weight is 1150 g/mol. The fourth-order valence-electron chi connectivity index (χ4n) is 14.1. The first-order chi connectivity index (χ1) is 40.3. The van der Waals surface area contributed by atoms with E-state index in [1.165, 1.54) is 44.0 Å². The van der Waals surface area contributed by atoms with Crippen LogP contribution in [0.3, 0.4) is 0 Å². The van der Waals surface area contributed by atoms with Gasteiger partial charge in [0.15, 0.2) is 11.6 Å². The summed E-state index contributed by atoms with van der Waals surface area (Å²) in [5.74, 6) is -2.62. The molecular weight excluding hydrogens is 1080 g/mol. The largest absolute Gasteiger partial charge is 0.453 e. The Bertz CT molecular complexity index is 3180. The quantitative estimate of drug-likeness (QED) is 0.0800. The lowest BCUT2D eigenvalue weighted by atomic mass is 9.89. The van der Waals surface area contributed by atoms with E-state index in [1.54, 1.807) is 31.7 Å². The van der Waals surface area contributed by atoms with Crippen molar-refractivity contribution in [3.8, 4) is 0 Å². The Morgan fingerprint density at radius 2 is 1.02 bits per heavy atom. The molecule has 6 atom stereocenters. The molecule has 6 aromatic rings. The topological polar surface area (TPSA) is 200 Å². The molecule has 0 aliphatic carbocycles. The van der Waals surface area contributed by atoms with E-state index in [0.717, 1.165) is 0 Å². The van der Waals surface area contributed by atoms with Crippen LogP contribution in [-0.4, -0.2) is 133 Å². The van der Waals surface area contributed by atoms with Crippen LogP contribution in [0.4, 0.5) is 38.5 Å². The van der Waals surface area contributed by atoms with Crippen molar-refractivity contribution in [3.63, 3.8) is 0 Å². The van der Waals surface area contributed by atoms with Crippen LogP contribution in [0.5, 0.6) is 0 Å². The Hall–Kier alpha value is -7.46. The van der Waals surface area contributed by atoms with Gasteiger partial charge in [-0.25, -0.2) is 37.1 Å². The Labute approximate surface area is 477 Å². The number of nitrogens with one attached hydrogen (secondary N) is 4. The number of amides is 4. The minimum atomic E-state index is -0.857. The van der Waals surface area contributed by atoms with Crippen LogP contribution in [0.15, 0.2) is 66.7 Å². The van der Waals surface area contributed by atoms with Crippen LogP contribution >= 0.6 is 0 Å². The first-order valence-electron chi connectivity index (χ1n) is 29.3. The van der Waals surface area contributed by atoms with Crippen molar-refractivity contribution in [2.75, 3.05) is 76.6 Å². The van der Waals surface area contributed by atoms with Gasteiger partial charge < -0.3 is 59.1 Å². The predicted octanol–water partition coefficient (Wildman–Crippen LogP) is 10.1. The molecule has 2 aromatic heterocycles. The van der Waals surface area contributed by atoms with Crippen molar-refractivity contribution in [1.29, 1.82) is 0 Å². The summed E-state index contributed by atoms with van der Waals surface area (Å²) in [6.07, 6.45) is 5.25. The summed E-state index contributed by atoms with van der Waals surface area (Å²) in [6.45, 7) is 3.51. The summed E-state index contributed by atoms with van der Waals surface area (Å²) in [7, 11) is 2.50. The van der Waals surface area contributed by atoms with Gasteiger partial charge in [0.05, 0.1) is 60.5 Å². The molecule has 8 heterocycles. The summed E-state index contributed by atoms with van der Waals surface area (Å²) < 4.78 is 89.1. The van der Waals surface area contributed by atoms with Gasteiger partial charge in [0, 0.05) is 81.6 Å². The fraction of sp³-hybridized carbons (Fsp3) is 0.508. The lowest BCUT2D eigenvalue weighted by molar-refractivity contribution is -0.137. The Morgan fingerprint density at radius 1 is 0.566 bits per heavy atom. The number of fused-ring (bicyclic) bond motifs is 2. The molecule has 4 amide bonds. The van der Waals surface area contributed by atoms with Crippen LogP contribution in [-0.2, 0) is 28.5 Å². The third-order valence-electron chi connectivity index (χ3n) is 18.3. The van der Waals surface area contributed by atoms with Crippen molar-refractivity contribution in [3.05, 3.63) is 118 Å². The molecule has 6 aliphatic heterocycles. The number of aromatic amines is 2. The van der Waals surface area contributed by atoms with Gasteiger partial charge in [-0.3, -0.25) is 9.59 Å². The zero-order valence-corrected chi connectivity index (χ0v) is 46.7. The highest BCUT2D eigenvalue weighted by atomic mass is 19.1. The number of hydrogen-bond donors (Lipinski definition) is 4. The molecule has 18 nitrogen and oxygen atoms in total. The number of rotatable bonds is 13. The molecule has 0 spiro atoms. The molecular formula is C61H70F4N10O8. The van der Waals surface area contributed by atoms with Gasteiger partial charge in [0.1, 0.15) is 41.1 Å². The molecule has 2 unspecified atom stereocenters. The monoisotopic (exact) mass is 1150 g/mol. The van der Waals surface area contributed by atoms with E-state index in [4.69, 9.17) is 28.9 Å². The van der Waals surface area contributed by atoms with Gasteiger partial charge in [-0.05, 0) is 125 Å². The molecule has 440 valence electrons. The molecule has 0 radical (unpaired) electrons. The molecule has 6 saturated heterocycles. The summed E-state index contributed by atoms with van der Waals surface area (Å²) in [6, 6.07) is 14.1. The number of hydrogen-bond acceptors (Lipinski definition) is 12. The SMILES string of the molecule is COC(=O)NC(C(=O)N1CCC[C@H]1c1nc2cc(F)c([C@H]3CC[C@H](c4cc5[nH]c([C@@H]6CCCN6C(=O)C(NC(=O)OC)C6CCOCC6)nc5cc4F)N3c3cc(F)c(N4CCC(c5ccccc5)CC4)c(F)c3)cc2[nH]1)C1CCOCC1. The Morgan fingerprint density at radius 3 is 1.47 bits per heavy atom. The number of nitrogens with zero attached hydrogens (tertiary/aromatic N) is 6. The van der Waals surface area contributed by atoms with Crippen molar-refractivity contribution in [2.24, 2.45) is 11.8 Å². The van der Waals surface area contributed by atoms with Gasteiger partial charge in [0.25, 0.3) is 0 Å². The molecule has 4 aromatic carbocycles. The van der Waals surface area contributed by atoms with E-state index in [2.05, 4.69) is 32.7 Å². The van der Waals surface area contributed by atoms with Crippen molar-refractivity contribution >= 4 is 57.4 Å². The Kier molecular flexibility index (Phi) is 16.2. The van der Waals surface area contributed by atoms with Crippen LogP contribution in [0.1, 0.15) is 135 Å². The van der Waals surface area contributed by atoms with Crippen LogP contribution in [0.25, 0.3) is 22.1 Å². The van der Waals surface area contributed by atoms with E-state index in [0.29, 0.717) is 151 Å². The Balaban J connectivity index is 0.871. The zero-order chi connectivity index (χ0) is 57.5. The highest BCUT2D eigenvalue weighted by molar-refractivity contribution is 5.88. The number of carbonyl (C=O) groups is 4. The lowest BCUT2D eigenvalue weighted by Crippen LogP contribution is -2.53. The van der Waals surface area contributed by atoms with Gasteiger partial charge in [-0.1, -0.05) is 30.3 Å². The second-order valence-corrected chi connectivity index (χ2v) is 23.0. The molecule has 6 fully saturated rings. The smallest absolute Gasteiger partial charge is 0.407 e. The molecule has 0 bridgehead atoms. The molecule has 6 aliphatic rings. The van der Waals surface area contributed by atoms with Crippen molar-refractivity contribution < 1.29 is 55.7 Å². The number of methoxy groups -OCH3 is 2. The average Bonchev–Trinajstić information content (AvgIpc) is 4.51. The standard InChI is InChI=1S/C61H70F4N10O8/c1-80-60(78)70-53(36-16-24-82-25-17-36)58(76)73-20-6-10-51(73)56-66-45-30-39(41(62)32-47(45)68-56)49-12-13-50(75(49)38-28-43(64)55(44(65)29-38)72-22-14-35(15-23-72)34-8-4-3-5-9-34)40-31-46-48(33-42(40)63)69-57(67-46)52-11-7-21-74(52)59(77)54(71-61(79)81-2)37-18-26-83-27-19-37/h3-5,8-9,28-33,35-37,49-54H,6-7,10-27H2,1-2H3,(H,66,68)(H,67,69)(H,70,78)(H,71,79)/t49-,50-,51+,52+,53?,54?/m1/s1. The third kappa shape index (κ3) is 11.2. The number of aromatic nitrogens is 4. The maximum atomic E-state index is 17.1. The van der Waals surface area contributed by atoms with Crippen molar-refractivity contribution in [1.82, 2.24) is 40.4 Å². The number of anilines is 2. The number of benzene rings is 4. The van der Waals surface area contributed by atoms with Crippen LogP contribution in [0.2, 0.25) is 0 Å². The molecule has 12 rings (SSSR count). The number of halogens is 4. The van der Waals surface area contributed by atoms with Crippen LogP contribution in [0, 0.1) is 35.1 Å². The number of carbonyl (C=O) groups excluding carboxylic acids is 4. The van der Waals surface area contributed by atoms with E-state index in [9.17, 15) is 19.2 Å². The fourth-order valence-corrected chi connectivity index (χ4v) is 14.1. The number of imidazole rings is 2. The first kappa shape index (κ1) is 56.0. The minimum absolute atomic E-state index is 0.101. The van der Waals surface area contributed by atoms with Gasteiger partial charge >= 0.3 is 12.2 Å². The number of piperidine rings is 1. The minimum Gasteiger partial charge on any atom is -0.453 e. The van der Waals surface area contributed by atoms with Crippen LogP contribution < -0.4 is 20.4 Å². The molecule has 83 heavy (non-hydrogen) atoms. The summed E-state index contributed by atoms with van der Waals surface area (Å²) >= 11 is 0. The predicted molar refractivity (Wildman–Crippen MR) is 299 cm³/mol. The van der Waals surface area contributed by atoms with Gasteiger partial charge in [-0.2, -0.15) is 0 Å². The molecule has 0 saturated carbocycles. The maximum absolute atomic E-state index is 17.1. The second-order valence-electron chi connectivity index (χ2n) is 23.0. The summed E-state index contributed by atoms with van der Waals surface area (Å²) in [4.78, 5) is 77.2. The number of ether oxygens (including phenoxy) is 4. The summed E-state index contributed by atoms with van der Waals surface area (Å²) in [5, 5.41) is 5.55. The van der Waals surface area contributed by atoms with Gasteiger partial charge in [0.2, 0.25) is 11.8 Å². The number of H-pyrrole nitrogens is 2. The van der Waals surface area contributed by atoms with E-state index in [1.807, 2.05) is 18.2 Å². The maximum Gasteiger partial charge on any atom is 0.407 e. The lowest BCUT2D eigenvalue weighted by Gasteiger charge is -2.36.